The van der Waals surface area contributed by atoms with Gasteiger partial charge in [-0.05, 0) is 18.2 Å². The summed E-state index contributed by atoms with van der Waals surface area (Å²) in [5, 5.41) is 0.191. The lowest BCUT2D eigenvalue weighted by molar-refractivity contribution is 0.593. The quantitative estimate of drug-likeness (QED) is 0.749. The van der Waals surface area contributed by atoms with E-state index in [0.29, 0.717) is 5.56 Å². The van der Waals surface area contributed by atoms with Gasteiger partial charge >= 0.3 is 0 Å². The maximum absolute atomic E-state index is 11.8. The fourth-order valence-electron chi connectivity index (χ4n) is 1.31. The second kappa shape index (κ2) is 7.13. The summed E-state index contributed by atoms with van der Waals surface area (Å²) >= 11 is 5.91. The van der Waals surface area contributed by atoms with Crippen molar-refractivity contribution < 1.29 is 16.8 Å². The fraction of sp³-hybridized carbons (Fsp3) is 0.333. The molecule has 116 valence electrons. The standard InChI is InChI=1S/C12H15ClN2O4S2/c1-20(16,17)7-8-21(18,19)15-12-9-10(3-2-6-14)4-5-11(12)13/h4-5,9,15H,6-8,14H2,1H3. The number of benzene rings is 1. The molecule has 1 aromatic carbocycles. The van der Waals surface area contributed by atoms with Gasteiger partial charge in [-0.3, -0.25) is 4.72 Å². The van der Waals surface area contributed by atoms with Gasteiger partial charge in [0.05, 0.1) is 28.8 Å². The van der Waals surface area contributed by atoms with Gasteiger partial charge in [0.2, 0.25) is 10.0 Å². The van der Waals surface area contributed by atoms with Crippen molar-refractivity contribution in [2.24, 2.45) is 5.73 Å². The molecule has 6 nitrogen and oxygen atoms in total. The van der Waals surface area contributed by atoms with E-state index in [-0.39, 0.29) is 17.3 Å². The number of nitrogens with one attached hydrogen (secondary N) is 1. The van der Waals surface area contributed by atoms with E-state index in [1.807, 2.05) is 0 Å². The molecule has 0 bridgehead atoms. The third kappa shape index (κ3) is 6.82. The molecule has 0 spiro atoms. The van der Waals surface area contributed by atoms with E-state index in [1.165, 1.54) is 12.1 Å². The number of hydrogen-bond acceptors (Lipinski definition) is 5. The van der Waals surface area contributed by atoms with Gasteiger partial charge in [-0.25, -0.2) is 16.8 Å². The van der Waals surface area contributed by atoms with Gasteiger partial charge in [-0.1, -0.05) is 23.4 Å². The average Bonchev–Trinajstić information content (AvgIpc) is 2.36. The lowest BCUT2D eigenvalue weighted by atomic mass is 10.2. The maximum Gasteiger partial charge on any atom is 0.233 e. The Kier molecular flexibility index (Phi) is 6.04. The molecular formula is C12H15ClN2O4S2. The number of anilines is 1. The van der Waals surface area contributed by atoms with E-state index in [2.05, 4.69) is 16.6 Å². The van der Waals surface area contributed by atoms with Gasteiger partial charge in [-0.15, -0.1) is 0 Å². The zero-order chi connectivity index (χ0) is 16.1. The SMILES string of the molecule is CS(=O)(=O)CCS(=O)(=O)Nc1cc(C#CCN)ccc1Cl. The Morgan fingerprint density at radius 1 is 1.24 bits per heavy atom. The van der Waals surface area contributed by atoms with Crippen LogP contribution in [0, 0.1) is 11.8 Å². The van der Waals surface area contributed by atoms with Crippen LogP contribution in [0.25, 0.3) is 0 Å². The van der Waals surface area contributed by atoms with Crippen molar-refractivity contribution in [2.75, 3.05) is 29.0 Å². The lowest BCUT2D eigenvalue weighted by Crippen LogP contribution is -2.22. The highest BCUT2D eigenvalue weighted by Gasteiger charge is 2.16. The van der Waals surface area contributed by atoms with Crippen molar-refractivity contribution in [1.29, 1.82) is 0 Å². The van der Waals surface area contributed by atoms with Crippen molar-refractivity contribution in [1.82, 2.24) is 0 Å². The van der Waals surface area contributed by atoms with Crippen LogP contribution in [0.15, 0.2) is 18.2 Å². The van der Waals surface area contributed by atoms with Crippen LogP contribution in [-0.2, 0) is 19.9 Å². The van der Waals surface area contributed by atoms with Crippen LogP contribution in [0.1, 0.15) is 5.56 Å². The first-order valence-electron chi connectivity index (χ1n) is 5.80. The number of nitrogens with two attached hydrogens (primary N) is 1. The van der Waals surface area contributed by atoms with Crippen LogP contribution in [0.4, 0.5) is 5.69 Å². The first-order valence-corrected chi connectivity index (χ1v) is 9.89. The summed E-state index contributed by atoms with van der Waals surface area (Å²) in [5.74, 6) is 4.38. The minimum absolute atomic E-state index is 0.147. The molecule has 1 rings (SSSR count). The van der Waals surface area contributed by atoms with E-state index >= 15 is 0 Å². The second-order valence-electron chi connectivity index (χ2n) is 4.25. The zero-order valence-corrected chi connectivity index (χ0v) is 13.6. The van der Waals surface area contributed by atoms with Gasteiger partial charge in [0, 0.05) is 11.8 Å². The highest BCUT2D eigenvalue weighted by atomic mass is 35.5. The van der Waals surface area contributed by atoms with E-state index in [1.54, 1.807) is 6.07 Å². The molecule has 0 saturated heterocycles. The summed E-state index contributed by atoms with van der Waals surface area (Å²) in [7, 11) is -7.18. The Morgan fingerprint density at radius 3 is 2.48 bits per heavy atom. The molecule has 21 heavy (non-hydrogen) atoms. The number of sulfone groups is 1. The normalized spacial score (nSPS) is 11.6. The minimum atomic E-state index is -3.81. The summed E-state index contributed by atoms with van der Waals surface area (Å²) in [5.41, 5.74) is 5.95. The van der Waals surface area contributed by atoms with Crippen LogP contribution in [0.3, 0.4) is 0 Å². The van der Waals surface area contributed by atoms with Crippen molar-refractivity contribution in [3.63, 3.8) is 0 Å². The largest absolute Gasteiger partial charge is 0.320 e. The molecule has 3 N–H and O–H groups in total. The lowest BCUT2D eigenvalue weighted by Gasteiger charge is -2.09. The second-order valence-corrected chi connectivity index (χ2v) is 8.76. The van der Waals surface area contributed by atoms with Crippen LogP contribution in [-0.4, -0.2) is 41.1 Å². The van der Waals surface area contributed by atoms with E-state index in [9.17, 15) is 16.8 Å². The van der Waals surface area contributed by atoms with Gasteiger partial charge in [0.25, 0.3) is 0 Å². The smallest absolute Gasteiger partial charge is 0.233 e. The summed E-state index contributed by atoms with van der Waals surface area (Å²) in [6, 6.07) is 4.58. The summed E-state index contributed by atoms with van der Waals surface area (Å²) in [4.78, 5) is 0. The zero-order valence-electron chi connectivity index (χ0n) is 11.3. The Hall–Kier alpha value is -1.27. The average molecular weight is 351 g/mol. The predicted molar refractivity (Wildman–Crippen MR) is 84.5 cm³/mol. The molecule has 0 saturated carbocycles. The minimum Gasteiger partial charge on any atom is -0.320 e. The molecule has 0 aromatic heterocycles. The Labute approximate surface area is 129 Å². The summed E-state index contributed by atoms with van der Waals surface area (Å²) in [6.45, 7) is 0.179. The molecule has 0 aliphatic carbocycles. The van der Waals surface area contributed by atoms with Gasteiger partial charge in [0.15, 0.2) is 0 Å². The molecular weight excluding hydrogens is 336 g/mol. The Bertz CT molecular complexity index is 777. The first kappa shape index (κ1) is 17.8. The maximum atomic E-state index is 11.8. The molecule has 0 unspecified atom stereocenters. The molecule has 0 atom stereocenters. The van der Waals surface area contributed by atoms with Gasteiger partial charge in [0.1, 0.15) is 9.84 Å². The third-order valence-electron chi connectivity index (χ3n) is 2.29. The van der Waals surface area contributed by atoms with Crippen LogP contribution < -0.4 is 10.5 Å². The van der Waals surface area contributed by atoms with Crippen molar-refractivity contribution in [2.45, 2.75) is 0 Å². The monoisotopic (exact) mass is 350 g/mol. The highest BCUT2D eigenvalue weighted by Crippen LogP contribution is 2.23. The van der Waals surface area contributed by atoms with E-state index in [4.69, 9.17) is 17.3 Å². The van der Waals surface area contributed by atoms with Crippen molar-refractivity contribution in [3.05, 3.63) is 28.8 Å². The first-order chi connectivity index (χ1) is 9.63. The molecule has 0 radical (unpaired) electrons. The molecule has 0 aliphatic heterocycles. The number of halogens is 1. The molecule has 0 aliphatic rings. The molecule has 0 amide bonds. The van der Waals surface area contributed by atoms with E-state index < -0.39 is 31.4 Å². The Balaban J connectivity index is 2.96. The number of rotatable bonds is 5. The molecule has 0 heterocycles. The summed E-state index contributed by atoms with van der Waals surface area (Å²) in [6.07, 6.45) is 0.971. The number of hydrogen-bond donors (Lipinski definition) is 2. The van der Waals surface area contributed by atoms with Crippen molar-refractivity contribution >= 4 is 37.1 Å². The number of sulfonamides is 1. The predicted octanol–water partition coefficient (Wildman–Crippen LogP) is 0.436. The van der Waals surface area contributed by atoms with Gasteiger partial charge < -0.3 is 5.73 Å². The van der Waals surface area contributed by atoms with Crippen molar-refractivity contribution in [3.8, 4) is 11.8 Å². The summed E-state index contributed by atoms with van der Waals surface area (Å²) < 4.78 is 48.0. The fourth-order valence-corrected chi connectivity index (χ4v) is 4.23. The molecule has 1 aromatic rings. The van der Waals surface area contributed by atoms with Gasteiger partial charge in [-0.2, -0.15) is 0 Å². The topological polar surface area (TPSA) is 106 Å². The third-order valence-corrected chi connectivity index (χ3v) is 5.10. The van der Waals surface area contributed by atoms with E-state index in [0.717, 1.165) is 6.26 Å². The molecule has 0 fully saturated rings. The van der Waals surface area contributed by atoms with Crippen LogP contribution in [0.2, 0.25) is 5.02 Å². The molecule has 9 heteroatoms. The van der Waals surface area contributed by atoms with Crippen LogP contribution >= 0.6 is 11.6 Å². The van der Waals surface area contributed by atoms with Crippen LogP contribution in [0.5, 0.6) is 0 Å². The highest BCUT2D eigenvalue weighted by molar-refractivity contribution is 7.95. The Morgan fingerprint density at radius 2 is 1.90 bits per heavy atom.